The fraction of sp³-hybridized carbons (Fsp3) is 0.265. The van der Waals surface area contributed by atoms with Crippen LogP contribution in [0.25, 0.3) is 11.1 Å². The summed E-state index contributed by atoms with van der Waals surface area (Å²) in [4.78, 5) is 0. The van der Waals surface area contributed by atoms with Crippen LogP contribution in [0.15, 0.2) is 72.8 Å². The Kier molecular flexibility index (Phi) is 9.05. The molecule has 0 atom stereocenters. The van der Waals surface area contributed by atoms with Crippen LogP contribution in [0.1, 0.15) is 33.4 Å². The van der Waals surface area contributed by atoms with Crippen molar-refractivity contribution in [2.75, 3.05) is 26.4 Å². The van der Waals surface area contributed by atoms with Gasteiger partial charge in [0.25, 0.3) is 0 Å². The third-order valence-electron chi connectivity index (χ3n) is 7.10. The fourth-order valence-electron chi connectivity index (χ4n) is 4.92. The summed E-state index contributed by atoms with van der Waals surface area (Å²) < 4.78 is 24.4. The lowest BCUT2D eigenvalue weighted by molar-refractivity contribution is 0.172. The van der Waals surface area contributed by atoms with Gasteiger partial charge in [-0.3, -0.25) is 0 Å². The molecule has 2 N–H and O–H groups in total. The third-order valence-corrected chi connectivity index (χ3v) is 7.10. The van der Waals surface area contributed by atoms with Crippen LogP contribution >= 0.6 is 0 Å². The number of para-hydroxylation sites is 1. The van der Waals surface area contributed by atoms with Crippen LogP contribution in [-0.2, 0) is 19.8 Å². The summed E-state index contributed by atoms with van der Waals surface area (Å²) in [5.74, 6) is 2.97. The number of ether oxygens (including phenoxy) is 4. The van der Waals surface area contributed by atoms with Gasteiger partial charge in [0.05, 0.1) is 18.2 Å². The van der Waals surface area contributed by atoms with E-state index in [1.54, 1.807) is 6.07 Å². The zero-order valence-electron chi connectivity index (χ0n) is 23.4. The Morgan fingerprint density at radius 1 is 0.854 bits per heavy atom. The molecule has 210 valence electrons. The molecule has 7 heteroatoms. The molecule has 0 radical (unpaired) electrons. The highest BCUT2D eigenvalue weighted by atomic mass is 16.6. The molecule has 41 heavy (non-hydrogen) atoms. The highest BCUT2D eigenvalue weighted by Crippen LogP contribution is 2.41. The third kappa shape index (κ3) is 6.63. The van der Waals surface area contributed by atoms with Crippen LogP contribution < -0.4 is 24.3 Å². The van der Waals surface area contributed by atoms with Gasteiger partial charge in [-0.25, -0.2) is 0 Å². The van der Waals surface area contributed by atoms with Gasteiger partial charge in [-0.2, -0.15) is 5.26 Å². The standard InChI is InChI=1S/C34H34N2O5/c1-23-16-28(20-36-12-13-37)33(40-21-26-7-3-6-25(17-26)19-35)18-32(23)41-22-27-8-4-9-29(24(27)2)30-10-5-11-31-34(30)39-15-14-38-31/h3-11,16-18,36-37H,12-15,20-22H2,1-2H3. The first kappa shape index (κ1) is 28.0. The van der Waals surface area contributed by atoms with E-state index in [9.17, 15) is 10.4 Å². The van der Waals surface area contributed by atoms with Gasteiger partial charge in [-0.1, -0.05) is 42.5 Å². The topological polar surface area (TPSA) is 93.0 Å². The Hall–Kier alpha value is -4.51. The van der Waals surface area contributed by atoms with Crippen LogP contribution in [0.5, 0.6) is 23.0 Å². The Morgan fingerprint density at radius 2 is 1.63 bits per heavy atom. The van der Waals surface area contributed by atoms with Crippen molar-refractivity contribution >= 4 is 0 Å². The van der Waals surface area contributed by atoms with Gasteiger partial charge in [-0.05, 0) is 65.9 Å². The number of fused-ring (bicyclic) bond motifs is 1. The summed E-state index contributed by atoms with van der Waals surface area (Å²) in [6.07, 6.45) is 0. The smallest absolute Gasteiger partial charge is 0.169 e. The highest BCUT2D eigenvalue weighted by molar-refractivity contribution is 5.77. The molecule has 0 unspecified atom stereocenters. The molecule has 0 saturated heterocycles. The molecule has 0 saturated carbocycles. The predicted molar refractivity (Wildman–Crippen MR) is 157 cm³/mol. The van der Waals surface area contributed by atoms with E-state index in [1.165, 1.54) is 0 Å². The Morgan fingerprint density at radius 3 is 2.49 bits per heavy atom. The quantitative estimate of drug-likeness (QED) is 0.226. The molecule has 4 aromatic carbocycles. The van der Waals surface area contributed by atoms with Crippen molar-refractivity contribution in [3.8, 4) is 40.2 Å². The van der Waals surface area contributed by atoms with Crippen molar-refractivity contribution in [3.05, 3.63) is 106 Å². The summed E-state index contributed by atoms with van der Waals surface area (Å²) >= 11 is 0. The largest absolute Gasteiger partial charge is 0.488 e. The van der Waals surface area contributed by atoms with Crippen molar-refractivity contribution in [1.82, 2.24) is 5.32 Å². The van der Waals surface area contributed by atoms with E-state index in [0.29, 0.717) is 50.8 Å². The number of aliphatic hydroxyl groups is 1. The van der Waals surface area contributed by atoms with Crippen LogP contribution in [0.4, 0.5) is 0 Å². The number of hydrogen-bond acceptors (Lipinski definition) is 7. The summed E-state index contributed by atoms with van der Waals surface area (Å²) in [5.41, 5.74) is 7.73. The molecule has 4 aromatic rings. The zero-order valence-corrected chi connectivity index (χ0v) is 23.4. The van der Waals surface area contributed by atoms with E-state index >= 15 is 0 Å². The van der Waals surface area contributed by atoms with Crippen LogP contribution in [0.3, 0.4) is 0 Å². The summed E-state index contributed by atoms with van der Waals surface area (Å²) in [6, 6.07) is 25.7. The SMILES string of the molecule is Cc1cc(CNCCO)c(OCc2cccc(C#N)c2)cc1OCc1cccc(-c2cccc3c2OCCO3)c1C. The minimum atomic E-state index is 0.0562. The molecule has 0 spiro atoms. The van der Waals surface area contributed by atoms with E-state index in [2.05, 4.69) is 42.6 Å². The molecule has 0 fully saturated rings. The Labute approximate surface area is 240 Å². The average Bonchev–Trinajstić information content (AvgIpc) is 3.00. The first-order chi connectivity index (χ1) is 20.1. The molecular weight excluding hydrogens is 516 g/mol. The molecule has 5 rings (SSSR count). The van der Waals surface area contributed by atoms with Crippen molar-refractivity contribution in [2.24, 2.45) is 0 Å². The number of nitriles is 1. The number of aliphatic hydroxyl groups excluding tert-OH is 1. The minimum Gasteiger partial charge on any atom is -0.488 e. The lowest BCUT2D eigenvalue weighted by atomic mass is 9.95. The molecule has 0 aliphatic carbocycles. The fourth-order valence-corrected chi connectivity index (χ4v) is 4.92. The number of aryl methyl sites for hydroxylation is 1. The van der Waals surface area contributed by atoms with Gasteiger partial charge in [0.1, 0.15) is 37.9 Å². The molecule has 0 bridgehead atoms. The van der Waals surface area contributed by atoms with Crippen molar-refractivity contribution in [1.29, 1.82) is 5.26 Å². The lowest BCUT2D eigenvalue weighted by Gasteiger charge is -2.22. The summed E-state index contributed by atoms with van der Waals surface area (Å²) in [6.45, 7) is 6.99. The second kappa shape index (κ2) is 13.2. The first-order valence-corrected chi connectivity index (χ1v) is 13.7. The normalized spacial score (nSPS) is 12.0. The number of rotatable bonds is 11. The van der Waals surface area contributed by atoms with Gasteiger partial charge >= 0.3 is 0 Å². The average molecular weight is 551 g/mol. The lowest BCUT2D eigenvalue weighted by Crippen LogP contribution is -2.18. The minimum absolute atomic E-state index is 0.0562. The first-order valence-electron chi connectivity index (χ1n) is 13.7. The maximum Gasteiger partial charge on any atom is 0.169 e. The van der Waals surface area contributed by atoms with Crippen molar-refractivity contribution < 1.29 is 24.1 Å². The molecule has 7 nitrogen and oxygen atoms in total. The van der Waals surface area contributed by atoms with E-state index < -0.39 is 0 Å². The number of benzene rings is 4. The highest BCUT2D eigenvalue weighted by Gasteiger charge is 2.19. The van der Waals surface area contributed by atoms with Crippen LogP contribution in [0.2, 0.25) is 0 Å². The molecule has 1 heterocycles. The summed E-state index contributed by atoms with van der Waals surface area (Å²) in [5, 5.41) is 21.7. The van der Waals surface area contributed by atoms with Gasteiger partial charge in [0.15, 0.2) is 11.5 Å². The molecule has 1 aliphatic rings. The van der Waals surface area contributed by atoms with E-state index in [-0.39, 0.29) is 6.61 Å². The second-order valence-corrected chi connectivity index (χ2v) is 9.93. The monoisotopic (exact) mass is 550 g/mol. The maximum absolute atomic E-state index is 9.24. The number of nitrogens with zero attached hydrogens (tertiary/aromatic N) is 1. The second-order valence-electron chi connectivity index (χ2n) is 9.93. The van der Waals surface area contributed by atoms with E-state index in [4.69, 9.17) is 18.9 Å². The van der Waals surface area contributed by atoms with Crippen molar-refractivity contribution in [2.45, 2.75) is 33.6 Å². The van der Waals surface area contributed by atoms with E-state index in [1.807, 2.05) is 49.4 Å². The Balaban J connectivity index is 1.37. The van der Waals surface area contributed by atoms with Gasteiger partial charge in [0.2, 0.25) is 0 Å². The van der Waals surface area contributed by atoms with Gasteiger partial charge in [-0.15, -0.1) is 0 Å². The van der Waals surface area contributed by atoms with Gasteiger partial charge < -0.3 is 29.4 Å². The molecule has 1 aliphatic heterocycles. The molecular formula is C34H34N2O5. The summed E-state index contributed by atoms with van der Waals surface area (Å²) in [7, 11) is 0. The zero-order chi connectivity index (χ0) is 28.6. The maximum atomic E-state index is 9.24. The predicted octanol–water partition coefficient (Wildman–Crippen LogP) is 5.85. The van der Waals surface area contributed by atoms with Crippen molar-refractivity contribution in [3.63, 3.8) is 0 Å². The number of hydrogen-bond donors (Lipinski definition) is 2. The van der Waals surface area contributed by atoms with Gasteiger partial charge in [0, 0.05) is 30.3 Å². The molecule has 0 amide bonds. The van der Waals surface area contributed by atoms with E-state index in [0.717, 1.165) is 56.2 Å². The Bertz CT molecular complexity index is 1560. The van der Waals surface area contributed by atoms with Crippen LogP contribution in [-0.4, -0.2) is 31.5 Å². The number of nitrogens with one attached hydrogen (secondary N) is 1. The molecule has 0 aromatic heterocycles. The van der Waals surface area contributed by atoms with Crippen LogP contribution in [0, 0.1) is 25.2 Å².